The van der Waals surface area contributed by atoms with E-state index in [4.69, 9.17) is 11.6 Å². The van der Waals surface area contributed by atoms with Gasteiger partial charge in [0.25, 0.3) is 5.91 Å². The van der Waals surface area contributed by atoms with Crippen molar-refractivity contribution < 1.29 is 9.59 Å². The van der Waals surface area contributed by atoms with E-state index in [2.05, 4.69) is 24.3 Å². The van der Waals surface area contributed by atoms with Gasteiger partial charge in [-0.2, -0.15) is 5.10 Å². The van der Waals surface area contributed by atoms with E-state index in [1.54, 1.807) is 10.9 Å². The zero-order chi connectivity index (χ0) is 20.5. The van der Waals surface area contributed by atoms with Gasteiger partial charge in [-0.25, -0.2) is 4.68 Å². The van der Waals surface area contributed by atoms with Gasteiger partial charge in [-0.3, -0.25) is 9.59 Å². The lowest BCUT2D eigenvalue weighted by Crippen LogP contribution is -2.47. The third-order valence-electron chi connectivity index (χ3n) is 5.72. The molecule has 1 aliphatic heterocycles. The number of likely N-dealkylation sites (tertiary alicyclic amines) is 1. The summed E-state index contributed by atoms with van der Waals surface area (Å²) in [4.78, 5) is 27.2. The molecule has 6 nitrogen and oxygen atoms in total. The number of piperidine rings is 1. The molecule has 0 spiro atoms. The average molecular weight is 415 g/mol. The summed E-state index contributed by atoms with van der Waals surface area (Å²) in [6.07, 6.45) is 5.29. The van der Waals surface area contributed by atoms with Gasteiger partial charge in [0.2, 0.25) is 5.91 Å². The van der Waals surface area contributed by atoms with Crippen molar-refractivity contribution in [3.05, 3.63) is 46.7 Å². The van der Waals surface area contributed by atoms with E-state index in [1.807, 2.05) is 29.2 Å². The van der Waals surface area contributed by atoms with Crippen LogP contribution in [0.1, 0.15) is 61.5 Å². The lowest BCUT2D eigenvalue weighted by molar-refractivity contribution is -0.133. The van der Waals surface area contributed by atoms with Gasteiger partial charge in [-0.05, 0) is 49.8 Å². The maximum Gasteiger partial charge on any atom is 0.255 e. The van der Waals surface area contributed by atoms with Crippen molar-refractivity contribution in [3.63, 3.8) is 0 Å². The first-order chi connectivity index (χ1) is 13.9. The molecule has 0 atom stereocenters. The van der Waals surface area contributed by atoms with Crippen molar-refractivity contribution in [1.82, 2.24) is 20.0 Å². The van der Waals surface area contributed by atoms with E-state index >= 15 is 0 Å². The van der Waals surface area contributed by atoms with Crippen molar-refractivity contribution in [1.29, 1.82) is 0 Å². The van der Waals surface area contributed by atoms with Crippen LogP contribution in [0.25, 0.3) is 5.69 Å². The molecule has 1 saturated heterocycles. The second-order valence-corrected chi connectivity index (χ2v) is 8.77. The summed E-state index contributed by atoms with van der Waals surface area (Å²) in [5.74, 6) is 0.566. The van der Waals surface area contributed by atoms with E-state index in [1.165, 1.54) is 0 Å². The van der Waals surface area contributed by atoms with Gasteiger partial charge in [-0.15, -0.1) is 0 Å². The van der Waals surface area contributed by atoms with E-state index in [9.17, 15) is 9.59 Å². The molecule has 154 valence electrons. The fourth-order valence-electron chi connectivity index (χ4n) is 4.00. The summed E-state index contributed by atoms with van der Waals surface area (Å²) in [6, 6.07) is 7.55. The van der Waals surface area contributed by atoms with Crippen LogP contribution in [-0.2, 0) is 4.79 Å². The molecule has 7 heteroatoms. The fourth-order valence-corrected chi connectivity index (χ4v) is 4.18. The third-order valence-corrected chi connectivity index (χ3v) is 5.95. The normalized spacial score (nSPS) is 17.6. The number of hydrogen-bond acceptors (Lipinski definition) is 3. The molecule has 2 amide bonds. The van der Waals surface area contributed by atoms with Crippen molar-refractivity contribution in [2.45, 2.75) is 51.5 Å². The van der Waals surface area contributed by atoms with Gasteiger partial charge < -0.3 is 10.2 Å². The van der Waals surface area contributed by atoms with Crippen LogP contribution in [0.4, 0.5) is 0 Å². The number of amides is 2. The van der Waals surface area contributed by atoms with Crippen LogP contribution in [0, 0.1) is 5.92 Å². The Kier molecular flexibility index (Phi) is 5.63. The Bertz CT molecular complexity index is 911. The number of carbonyl (C=O) groups is 2. The molecule has 1 saturated carbocycles. The Morgan fingerprint density at radius 2 is 1.90 bits per heavy atom. The quantitative estimate of drug-likeness (QED) is 0.809. The number of halogens is 1. The Hall–Kier alpha value is -2.34. The molecule has 29 heavy (non-hydrogen) atoms. The van der Waals surface area contributed by atoms with Crippen LogP contribution in [0.15, 0.2) is 30.5 Å². The molecule has 1 N–H and O–H groups in total. The predicted molar refractivity (Wildman–Crippen MR) is 112 cm³/mol. The number of carbonyl (C=O) groups excluding carboxylic acids is 2. The smallest absolute Gasteiger partial charge is 0.255 e. The highest BCUT2D eigenvalue weighted by Gasteiger charge is 2.35. The Morgan fingerprint density at radius 3 is 2.52 bits per heavy atom. The topological polar surface area (TPSA) is 67.2 Å². The molecule has 0 radical (unpaired) electrons. The maximum atomic E-state index is 13.0. The van der Waals surface area contributed by atoms with Gasteiger partial charge in [-0.1, -0.05) is 31.5 Å². The first-order valence-electron chi connectivity index (χ1n) is 10.4. The molecule has 1 aliphatic carbocycles. The minimum atomic E-state index is -0.103. The Morgan fingerprint density at radius 1 is 1.17 bits per heavy atom. The van der Waals surface area contributed by atoms with Crippen LogP contribution in [0.5, 0.6) is 0 Å². The number of nitrogens with zero attached hydrogens (tertiary/aromatic N) is 3. The summed E-state index contributed by atoms with van der Waals surface area (Å²) in [7, 11) is 0. The molecule has 4 rings (SSSR count). The molecule has 0 unspecified atom stereocenters. The molecule has 2 aliphatic rings. The molecular weight excluding hydrogens is 388 g/mol. The molecule has 2 aromatic rings. The Balaban J connectivity index is 1.45. The first-order valence-corrected chi connectivity index (χ1v) is 10.8. The number of nitrogens with one attached hydrogen (secondary N) is 1. The second kappa shape index (κ2) is 8.19. The molecule has 2 fully saturated rings. The highest BCUT2D eigenvalue weighted by Crippen LogP contribution is 2.32. The summed E-state index contributed by atoms with van der Waals surface area (Å²) < 4.78 is 1.79. The van der Waals surface area contributed by atoms with E-state index in [0.29, 0.717) is 16.5 Å². The lowest BCUT2D eigenvalue weighted by atomic mass is 10.0. The summed E-state index contributed by atoms with van der Waals surface area (Å²) in [5, 5.41) is 8.25. The van der Waals surface area contributed by atoms with Crippen LogP contribution in [0.2, 0.25) is 5.02 Å². The highest BCUT2D eigenvalue weighted by atomic mass is 35.5. The number of aromatic nitrogens is 2. The van der Waals surface area contributed by atoms with Crippen LogP contribution < -0.4 is 5.32 Å². The van der Waals surface area contributed by atoms with E-state index < -0.39 is 0 Å². The SMILES string of the molecule is CC(C)c1c(C(=O)NC2CCN(C(=O)C3CC3)CC2)cnn1-c1cccc(Cl)c1. The molecule has 0 bridgehead atoms. The monoisotopic (exact) mass is 414 g/mol. The van der Waals surface area contributed by atoms with Gasteiger partial charge in [0.1, 0.15) is 0 Å². The Labute approximate surface area is 176 Å². The van der Waals surface area contributed by atoms with Gasteiger partial charge in [0.15, 0.2) is 0 Å². The standard InChI is InChI=1S/C22H27ClN4O2/c1-14(2)20-19(13-24-27(20)18-5-3-4-16(23)12-18)21(28)25-17-8-10-26(11-9-17)22(29)15-6-7-15/h3-5,12-15,17H,6-11H2,1-2H3,(H,25,28). The predicted octanol–water partition coefficient (Wildman–Crippen LogP) is 3.78. The average Bonchev–Trinajstić information content (AvgIpc) is 3.45. The largest absolute Gasteiger partial charge is 0.349 e. The second-order valence-electron chi connectivity index (χ2n) is 8.34. The van der Waals surface area contributed by atoms with Gasteiger partial charge >= 0.3 is 0 Å². The van der Waals surface area contributed by atoms with Crippen molar-refractivity contribution in [2.75, 3.05) is 13.1 Å². The summed E-state index contributed by atoms with van der Waals surface area (Å²) in [6.45, 7) is 5.55. The third kappa shape index (κ3) is 4.32. The summed E-state index contributed by atoms with van der Waals surface area (Å²) in [5.41, 5.74) is 2.30. The van der Waals surface area contributed by atoms with E-state index in [0.717, 1.165) is 50.2 Å². The van der Waals surface area contributed by atoms with Crippen molar-refractivity contribution in [3.8, 4) is 5.69 Å². The maximum absolute atomic E-state index is 13.0. The zero-order valence-corrected chi connectivity index (χ0v) is 17.7. The van der Waals surface area contributed by atoms with Crippen molar-refractivity contribution >= 4 is 23.4 Å². The molecule has 1 aromatic carbocycles. The molecular formula is C22H27ClN4O2. The van der Waals surface area contributed by atoms with Gasteiger partial charge in [0, 0.05) is 30.1 Å². The molecule has 1 aromatic heterocycles. The van der Waals surface area contributed by atoms with Crippen LogP contribution in [0.3, 0.4) is 0 Å². The van der Waals surface area contributed by atoms with E-state index in [-0.39, 0.29) is 23.8 Å². The van der Waals surface area contributed by atoms with Crippen molar-refractivity contribution in [2.24, 2.45) is 5.92 Å². The first kappa shape index (κ1) is 20.0. The summed E-state index contributed by atoms with van der Waals surface area (Å²) >= 11 is 6.13. The zero-order valence-electron chi connectivity index (χ0n) is 16.9. The lowest BCUT2D eigenvalue weighted by Gasteiger charge is -2.32. The molecule has 2 heterocycles. The highest BCUT2D eigenvalue weighted by molar-refractivity contribution is 6.30. The van der Waals surface area contributed by atoms with Gasteiger partial charge in [0.05, 0.1) is 23.1 Å². The minimum absolute atomic E-state index is 0.0836. The minimum Gasteiger partial charge on any atom is -0.349 e. The number of hydrogen-bond donors (Lipinski definition) is 1. The van der Waals surface area contributed by atoms with Crippen LogP contribution >= 0.6 is 11.6 Å². The van der Waals surface area contributed by atoms with Crippen LogP contribution in [-0.4, -0.2) is 45.6 Å². The number of benzene rings is 1. The number of rotatable bonds is 5. The fraction of sp³-hybridized carbons (Fsp3) is 0.500.